The van der Waals surface area contributed by atoms with Crippen LogP contribution in [0.5, 0.6) is 0 Å². The molecular formula is C27H29NO5. The molecular weight excluding hydrogens is 418 g/mol. The number of aliphatic hydroxyl groups excluding tert-OH is 3. The van der Waals surface area contributed by atoms with Crippen LogP contribution in [0, 0.1) is 6.92 Å². The molecule has 6 heteroatoms. The maximum atomic E-state index is 12.0. The van der Waals surface area contributed by atoms with Crippen LogP contribution < -0.4 is 5.32 Å². The second-order valence-corrected chi connectivity index (χ2v) is 8.47. The molecule has 1 saturated heterocycles. The van der Waals surface area contributed by atoms with Crippen LogP contribution in [0.15, 0.2) is 66.7 Å². The van der Waals surface area contributed by atoms with E-state index in [4.69, 9.17) is 4.74 Å². The molecule has 0 aliphatic carbocycles. The van der Waals surface area contributed by atoms with E-state index in [9.17, 15) is 20.1 Å². The van der Waals surface area contributed by atoms with Gasteiger partial charge in [-0.3, -0.25) is 4.79 Å². The van der Waals surface area contributed by atoms with E-state index in [1.165, 1.54) is 0 Å². The van der Waals surface area contributed by atoms with E-state index >= 15 is 0 Å². The number of rotatable bonds is 5. The third-order valence-corrected chi connectivity index (χ3v) is 6.19. The van der Waals surface area contributed by atoms with Crippen molar-refractivity contribution in [3.8, 4) is 22.3 Å². The average Bonchev–Trinajstić information content (AvgIpc) is 2.85. The molecule has 0 bridgehead atoms. The highest BCUT2D eigenvalue weighted by Gasteiger charge is 2.37. The maximum absolute atomic E-state index is 12.0. The summed E-state index contributed by atoms with van der Waals surface area (Å²) in [6.07, 6.45) is -3.02. The van der Waals surface area contributed by atoms with Crippen LogP contribution in [0.1, 0.15) is 34.0 Å². The first-order chi connectivity index (χ1) is 15.9. The Kier molecular flexibility index (Phi) is 6.91. The topological polar surface area (TPSA) is 99.0 Å². The van der Waals surface area contributed by atoms with Gasteiger partial charge in [0.15, 0.2) is 0 Å². The molecule has 1 heterocycles. The van der Waals surface area contributed by atoms with Gasteiger partial charge in [-0.15, -0.1) is 0 Å². The second kappa shape index (κ2) is 9.85. The Balaban J connectivity index is 1.64. The van der Waals surface area contributed by atoms with Crippen molar-refractivity contribution in [2.45, 2.75) is 37.8 Å². The molecule has 4 N–H and O–H groups in total. The van der Waals surface area contributed by atoms with Gasteiger partial charge in [-0.05, 0) is 58.5 Å². The number of ether oxygens (including phenoxy) is 1. The molecule has 4 unspecified atom stereocenters. The van der Waals surface area contributed by atoms with Crippen LogP contribution in [-0.2, 0) is 4.74 Å². The molecule has 3 aromatic carbocycles. The zero-order valence-electron chi connectivity index (χ0n) is 18.7. The second-order valence-electron chi connectivity index (χ2n) is 8.47. The number of benzene rings is 3. The summed E-state index contributed by atoms with van der Waals surface area (Å²) in [5.74, 6) is -0.123. The molecule has 6 nitrogen and oxygen atoms in total. The fraction of sp³-hybridized carbons (Fsp3) is 0.296. The first-order valence-electron chi connectivity index (χ1n) is 11.1. The summed E-state index contributed by atoms with van der Waals surface area (Å²) in [5.41, 5.74) is 6.39. The van der Waals surface area contributed by atoms with Crippen LogP contribution in [0.3, 0.4) is 0 Å². The van der Waals surface area contributed by atoms with Crippen LogP contribution in [-0.4, -0.2) is 53.2 Å². The number of amides is 1. The largest absolute Gasteiger partial charge is 0.394 e. The molecule has 4 atom stereocenters. The van der Waals surface area contributed by atoms with Crippen molar-refractivity contribution in [3.63, 3.8) is 0 Å². The molecule has 1 fully saturated rings. The Morgan fingerprint density at radius 1 is 1.00 bits per heavy atom. The lowest BCUT2D eigenvalue weighted by molar-refractivity contribution is -0.179. The highest BCUT2D eigenvalue weighted by Crippen LogP contribution is 2.35. The number of aliphatic hydroxyl groups is 3. The predicted octanol–water partition coefficient (Wildman–Crippen LogP) is 3.23. The van der Waals surface area contributed by atoms with E-state index in [2.05, 4.69) is 11.4 Å². The zero-order chi connectivity index (χ0) is 23.5. The highest BCUT2D eigenvalue weighted by molar-refractivity contribution is 5.95. The molecule has 3 aromatic rings. The van der Waals surface area contributed by atoms with Crippen LogP contribution in [0.25, 0.3) is 22.3 Å². The van der Waals surface area contributed by atoms with Gasteiger partial charge in [0.05, 0.1) is 18.8 Å². The molecule has 1 amide bonds. The Hall–Kier alpha value is -3.03. The van der Waals surface area contributed by atoms with E-state index in [-0.39, 0.29) is 18.9 Å². The molecule has 0 saturated carbocycles. The minimum absolute atomic E-state index is 0.123. The Morgan fingerprint density at radius 3 is 2.45 bits per heavy atom. The van der Waals surface area contributed by atoms with Crippen LogP contribution in [0.2, 0.25) is 0 Å². The standard InChI is InChI=1S/C27H29NO5/c1-16-11-18(17-5-3-8-21(12-17)27(32)28-2)9-10-23(16)19-6-4-7-20(13-19)26-25(31)24(30)14-22(15-29)33-26/h3-13,22,24-26,29-31H,14-15H2,1-2H3,(H,28,32). The summed E-state index contributed by atoms with van der Waals surface area (Å²) in [7, 11) is 1.62. The van der Waals surface area contributed by atoms with E-state index < -0.39 is 24.4 Å². The summed E-state index contributed by atoms with van der Waals surface area (Å²) in [6.45, 7) is 1.83. The fourth-order valence-corrected chi connectivity index (χ4v) is 4.38. The van der Waals surface area contributed by atoms with Crippen molar-refractivity contribution in [2.75, 3.05) is 13.7 Å². The van der Waals surface area contributed by atoms with Crippen molar-refractivity contribution in [1.29, 1.82) is 0 Å². The van der Waals surface area contributed by atoms with Gasteiger partial charge < -0.3 is 25.4 Å². The lowest BCUT2D eigenvalue weighted by Gasteiger charge is -2.37. The number of hydrogen-bond acceptors (Lipinski definition) is 5. The van der Waals surface area contributed by atoms with Gasteiger partial charge >= 0.3 is 0 Å². The van der Waals surface area contributed by atoms with Crippen molar-refractivity contribution < 1.29 is 24.9 Å². The Bertz CT molecular complexity index is 1140. The lowest BCUT2D eigenvalue weighted by atomic mass is 9.90. The molecule has 0 spiro atoms. The summed E-state index contributed by atoms with van der Waals surface area (Å²) in [5, 5.41) is 32.8. The van der Waals surface area contributed by atoms with Gasteiger partial charge in [0.2, 0.25) is 0 Å². The minimum Gasteiger partial charge on any atom is -0.394 e. The number of carbonyl (C=O) groups is 1. The van der Waals surface area contributed by atoms with E-state index in [1.807, 2.05) is 61.5 Å². The van der Waals surface area contributed by atoms with Crippen molar-refractivity contribution in [1.82, 2.24) is 5.32 Å². The monoisotopic (exact) mass is 447 g/mol. The fourth-order valence-electron chi connectivity index (χ4n) is 4.38. The van der Waals surface area contributed by atoms with E-state index in [0.717, 1.165) is 33.4 Å². The SMILES string of the molecule is CNC(=O)c1cccc(-c2ccc(-c3cccc(C4OC(CO)CC(O)C4O)c3)c(C)c2)c1. The molecule has 1 aliphatic heterocycles. The summed E-state index contributed by atoms with van der Waals surface area (Å²) >= 11 is 0. The van der Waals surface area contributed by atoms with Crippen molar-refractivity contribution in [3.05, 3.63) is 83.4 Å². The number of nitrogens with one attached hydrogen (secondary N) is 1. The van der Waals surface area contributed by atoms with Crippen LogP contribution >= 0.6 is 0 Å². The number of hydrogen-bond donors (Lipinski definition) is 4. The van der Waals surface area contributed by atoms with Gasteiger partial charge in [0.25, 0.3) is 5.91 Å². The normalized spacial score (nSPS) is 22.7. The Morgan fingerprint density at radius 2 is 1.73 bits per heavy atom. The molecule has 4 rings (SSSR count). The van der Waals surface area contributed by atoms with Gasteiger partial charge in [0, 0.05) is 19.0 Å². The van der Waals surface area contributed by atoms with Crippen molar-refractivity contribution >= 4 is 5.91 Å². The van der Waals surface area contributed by atoms with E-state index in [1.54, 1.807) is 13.1 Å². The van der Waals surface area contributed by atoms with Gasteiger partial charge in [-0.25, -0.2) is 0 Å². The van der Waals surface area contributed by atoms with Gasteiger partial charge in [-0.2, -0.15) is 0 Å². The maximum Gasteiger partial charge on any atom is 0.251 e. The molecule has 0 radical (unpaired) electrons. The Labute approximate surface area is 193 Å². The van der Waals surface area contributed by atoms with Gasteiger partial charge in [0.1, 0.15) is 12.2 Å². The van der Waals surface area contributed by atoms with Crippen molar-refractivity contribution in [2.24, 2.45) is 0 Å². The number of carbonyl (C=O) groups excluding carboxylic acids is 1. The average molecular weight is 448 g/mol. The molecule has 172 valence electrons. The third-order valence-electron chi connectivity index (χ3n) is 6.19. The summed E-state index contributed by atoms with van der Waals surface area (Å²) < 4.78 is 5.85. The summed E-state index contributed by atoms with van der Waals surface area (Å²) in [6, 6.07) is 21.4. The summed E-state index contributed by atoms with van der Waals surface area (Å²) in [4.78, 5) is 12.0. The van der Waals surface area contributed by atoms with Crippen LogP contribution in [0.4, 0.5) is 0 Å². The molecule has 33 heavy (non-hydrogen) atoms. The van der Waals surface area contributed by atoms with Gasteiger partial charge in [-0.1, -0.05) is 48.5 Å². The number of aryl methyl sites for hydroxylation is 1. The van der Waals surface area contributed by atoms with E-state index in [0.29, 0.717) is 5.56 Å². The highest BCUT2D eigenvalue weighted by atomic mass is 16.5. The third kappa shape index (κ3) is 4.84. The molecule has 1 aliphatic rings. The minimum atomic E-state index is -1.06. The first kappa shape index (κ1) is 23.1. The molecule has 0 aromatic heterocycles. The first-order valence-corrected chi connectivity index (χ1v) is 11.1. The predicted molar refractivity (Wildman–Crippen MR) is 127 cm³/mol. The quantitative estimate of drug-likeness (QED) is 0.481. The zero-order valence-corrected chi connectivity index (χ0v) is 18.7. The lowest BCUT2D eigenvalue weighted by Crippen LogP contribution is -2.44. The smallest absolute Gasteiger partial charge is 0.251 e.